The van der Waals surface area contributed by atoms with Crippen LogP contribution >= 0.6 is 0 Å². The van der Waals surface area contributed by atoms with E-state index in [0.717, 1.165) is 16.8 Å². The Kier molecular flexibility index (Phi) is 6.26. The molecular formula is C18H24N4O2. The first kappa shape index (κ1) is 17.9. The van der Waals surface area contributed by atoms with Crippen LogP contribution in [-0.2, 0) is 4.74 Å². The maximum absolute atomic E-state index is 12.6. The van der Waals surface area contributed by atoms with Crippen molar-refractivity contribution in [2.45, 2.75) is 26.7 Å². The fraction of sp³-hybridized carbons (Fsp3) is 0.389. The number of para-hydroxylation sites is 1. The number of hydrogen-bond acceptors (Lipinski definition) is 5. The van der Waals surface area contributed by atoms with E-state index in [0.29, 0.717) is 30.7 Å². The summed E-state index contributed by atoms with van der Waals surface area (Å²) in [6.07, 6.45) is 1.57. The van der Waals surface area contributed by atoms with E-state index >= 15 is 0 Å². The van der Waals surface area contributed by atoms with E-state index in [4.69, 9.17) is 4.74 Å². The first-order valence-corrected chi connectivity index (χ1v) is 7.99. The van der Waals surface area contributed by atoms with Gasteiger partial charge in [0.25, 0.3) is 5.91 Å². The average Bonchev–Trinajstić information content (AvgIpc) is 2.57. The highest BCUT2D eigenvalue weighted by molar-refractivity contribution is 6.03. The Morgan fingerprint density at radius 2 is 2.08 bits per heavy atom. The third kappa shape index (κ3) is 4.52. The maximum Gasteiger partial charge on any atom is 0.274 e. The van der Waals surface area contributed by atoms with Crippen molar-refractivity contribution in [2.24, 2.45) is 0 Å². The van der Waals surface area contributed by atoms with Crippen molar-refractivity contribution >= 4 is 17.5 Å². The van der Waals surface area contributed by atoms with Gasteiger partial charge in [-0.25, -0.2) is 9.97 Å². The minimum atomic E-state index is -0.247. The molecular weight excluding hydrogens is 304 g/mol. The lowest BCUT2D eigenvalue weighted by molar-refractivity contribution is 0.102. The van der Waals surface area contributed by atoms with Gasteiger partial charge in [0.1, 0.15) is 5.69 Å². The Morgan fingerprint density at radius 1 is 1.29 bits per heavy atom. The van der Waals surface area contributed by atoms with E-state index < -0.39 is 0 Å². The van der Waals surface area contributed by atoms with E-state index in [1.165, 1.54) is 0 Å². The van der Waals surface area contributed by atoms with Gasteiger partial charge in [-0.1, -0.05) is 32.0 Å². The summed E-state index contributed by atoms with van der Waals surface area (Å²) in [6, 6.07) is 7.62. The Bertz CT molecular complexity index is 701. The van der Waals surface area contributed by atoms with Gasteiger partial charge in [-0.3, -0.25) is 4.79 Å². The molecule has 1 aromatic heterocycles. The molecule has 1 aromatic carbocycles. The van der Waals surface area contributed by atoms with Gasteiger partial charge < -0.3 is 15.4 Å². The van der Waals surface area contributed by atoms with E-state index in [-0.39, 0.29) is 5.91 Å². The van der Waals surface area contributed by atoms with Gasteiger partial charge in [-0.05, 0) is 30.0 Å². The van der Waals surface area contributed by atoms with Crippen LogP contribution < -0.4 is 10.6 Å². The van der Waals surface area contributed by atoms with Crippen molar-refractivity contribution in [3.05, 3.63) is 47.3 Å². The zero-order valence-corrected chi connectivity index (χ0v) is 14.6. The molecule has 0 saturated heterocycles. The molecule has 0 atom stereocenters. The first-order valence-electron chi connectivity index (χ1n) is 7.99. The maximum atomic E-state index is 12.6. The van der Waals surface area contributed by atoms with E-state index in [1.807, 2.05) is 25.1 Å². The molecule has 6 nitrogen and oxygen atoms in total. The molecule has 0 bridgehead atoms. The van der Waals surface area contributed by atoms with Crippen molar-refractivity contribution in [3.63, 3.8) is 0 Å². The van der Waals surface area contributed by atoms with E-state index in [1.54, 1.807) is 19.4 Å². The molecule has 2 aromatic rings. The van der Waals surface area contributed by atoms with Gasteiger partial charge in [0.2, 0.25) is 5.95 Å². The van der Waals surface area contributed by atoms with Crippen molar-refractivity contribution in [1.29, 1.82) is 0 Å². The summed E-state index contributed by atoms with van der Waals surface area (Å²) in [4.78, 5) is 20.9. The lowest BCUT2D eigenvalue weighted by atomic mass is 9.98. The second kappa shape index (κ2) is 8.40. The third-order valence-electron chi connectivity index (χ3n) is 3.64. The number of aryl methyl sites for hydroxylation is 1. The first-order chi connectivity index (χ1) is 11.5. The Balaban J connectivity index is 2.17. The van der Waals surface area contributed by atoms with Gasteiger partial charge in [-0.2, -0.15) is 0 Å². The Hall–Kier alpha value is -2.47. The van der Waals surface area contributed by atoms with Crippen molar-refractivity contribution in [1.82, 2.24) is 9.97 Å². The number of carbonyl (C=O) groups excluding carboxylic acids is 1. The SMILES string of the molecule is COCCNc1nccc(C(=O)Nc2c(C)cccc2C(C)C)n1. The lowest BCUT2D eigenvalue weighted by Crippen LogP contribution is -2.18. The molecule has 0 radical (unpaired) electrons. The summed E-state index contributed by atoms with van der Waals surface area (Å²) in [5.41, 5.74) is 3.31. The number of carbonyl (C=O) groups is 1. The number of nitrogens with zero attached hydrogens (tertiary/aromatic N) is 2. The predicted molar refractivity (Wildman–Crippen MR) is 95.6 cm³/mol. The lowest BCUT2D eigenvalue weighted by Gasteiger charge is -2.16. The molecule has 0 aliphatic heterocycles. The highest BCUT2D eigenvalue weighted by atomic mass is 16.5. The topological polar surface area (TPSA) is 76.1 Å². The third-order valence-corrected chi connectivity index (χ3v) is 3.64. The molecule has 0 aliphatic carbocycles. The summed E-state index contributed by atoms with van der Waals surface area (Å²) < 4.78 is 4.97. The number of benzene rings is 1. The quantitative estimate of drug-likeness (QED) is 0.763. The number of aromatic nitrogens is 2. The molecule has 1 heterocycles. The minimum Gasteiger partial charge on any atom is -0.383 e. The predicted octanol–water partition coefficient (Wildman–Crippen LogP) is 3.22. The molecule has 0 saturated carbocycles. The summed E-state index contributed by atoms with van der Waals surface area (Å²) in [5.74, 6) is 0.480. The van der Waals surface area contributed by atoms with Crippen LogP contribution in [0, 0.1) is 6.92 Å². The number of nitrogens with one attached hydrogen (secondary N) is 2. The molecule has 2 N–H and O–H groups in total. The summed E-state index contributed by atoms with van der Waals surface area (Å²) in [5, 5.41) is 6.01. The number of amides is 1. The van der Waals surface area contributed by atoms with Crippen LogP contribution in [0.5, 0.6) is 0 Å². The average molecular weight is 328 g/mol. The number of rotatable bonds is 7. The second-order valence-electron chi connectivity index (χ2n) is 5.83. The van der Waals surface area contributed by atoms with Crippen LogP contribution in [0.25, 0.3) is 0 Å². The number of methoxy groups -OCH3 is 1. The van der Waals surface area contributed by atoms with Crippen molar-refractivity contribution in [3.8, 4) is 0 Å². The van der Waals surface area contributed by atoms with Crippen LogP contribution in [0.1, 0.15) is 41.4 Å². The van der Waals surface area contributed by atoms with Crippen LogP contribution in [0.15, 0.2) is 30.5 Å². The summed E-state index contributed by atoms with van der Waals surface area (Å²) in [7, 11) is 1.63. The van der Waals surface area contributed by atoms with Crippen LogP contribution in [0.4, 0.5) is 11.6 Å². The zero-order chi connectivity index (χ0) is 17.5. The van der Waals surface area contributed by atoms with Gasteiger partial charge >= 0.3 is 0 Å². The van der Waals surface area contributed by atoms with Crippen LogP contribution in [0.3, 0.4) is 0 Å². The minimum absolute atomic E-state index is 0.247. The molecule has 0 unspecified atom stereocenters. The largest absolute Gasteiger partial charge is 0.383 e. The number of hydrogen-bond donors (Lipinski definition) is 2. The van der Waals surface area contributed by atoms with E-state index in [2.05, 4.69) is 34.4 Å². The molecule has 0 fully saturated rings. The molecule has 1 amide bonds. The molecule has 2 rings (SSSR count). The highest BCUT2D eigenvalue weighted by Gasteiger charge is 2.14. The molecule has 0 aliphatic rings. The molecule has 24 heavy (non-hydrogen) atoms. The van der Waals surface area contributed by atoms with Gasteiger partial charge in [0.15, 0.2) is 0 Å². The van der Waals surface area contributed by atoms with Gasteiger partial charge in [0.05, 0.1) is 6.61 Å². The number of anilines is 2. The van der Waals surface area contributed by atoms with Crippen molar-refractivity contribution in [2.75, 3.05) is 30.9 Å². The smallest absolute Gasteiger partial charge is 0.274 e. The number of ether oxygens (including phenoxy) is 1. The molecule has 6 heteroatoms. The summed E-state index contributed by atoms with van der Waals surface area (Å²) in [6.45, 7) is 7.32. The Morgan fingerprint density at radius 3 is 2.79 bits per heavy atom. The van der Waals surface area contributed by atoms with Gasteiger partial charge in [-0.15, -0.1) is 0 Å². The van der Waals surface area contributed by atoms with E-state index in [9.17, 15) is 4.79 Å². The molecule has 0 spiro atoms. The fourth-order valence-electron chi connectivity index (χ4n) is 2.36. The molecule has 128 valence electrons. The standard InChI is InChI=1S/C18H24N4O2/c1-12(2)14-7-5-6-13(3)16(14)22-17(23)15-8-9-19-18(21-15)20-10-11-24-4/h5-9,12H,10-11H2,1-4H3,(H,22,23)(H,19,20,21). The van der Waals surface area contributed by atoms with Crippen molar-refractivity contribution < 1.29 is 9.53 Å². The highest BCUT2D eigenvalue weighted by Crippen LogP contribution is 2.27. The zero-order valence-electron chi connectivity index (χ0n) is 14.6. The van der Waals surface area contributed by atoms with Crippen LogP contribution in [-0.4, -0.2) is 36.1 Å². The summed E-state index contributed by atoms with van der Waals surface area (Å²) >= 11 is 0. The fourth-order valence-corrected chi connectivity index (χ4v) is 2.36. The Labute approximate surface area is 142 Å². The van der Waals surface area contributed by atoms with Gasteiger partial charge in [0, 0.05) is 25.5 Å². The second-order valence-corrected chi connectivity index (χ2v) is 5.83. The normalized spacial score (nSPS) is 10.7. The monoisotopic (exact) mass is 328 g/mol. The van der Waals surface area contributed by atoms with Crippen LogP contribution in [0.2, 0.25) is 0 Å².